The number of amides is 1. The molecule has 1 heterocycles. The van der Waals surface area contributed by atoms with Crippen molar-refractivity contribution >= 4 is 5.91 Å². The molecule has 1 rings (SSSR count). The van der Waals surface area contributed by atoms with Gasteiger partial charge in [0.15, 0.2) is 0 Å². The van der Waals surface area contributed by atoms with E-state index in [2.05, 4.69) is 29.3 Å². The first-order valence-corrected chi connectivity index (χ1v) is 9.62. The van der Waals surface area contributed by atoms with E-state index in [0.717, 1.165) is 19.3 Å². The van der Waals surface area contributed by atoms with Gasteiger partial charge < -0.3 is 5.73 Å². The lowest BCUT2D eigenvalue weighted by Gasteiger charge is -2.00. The number of rotatable bonds is 15. The van der Waals surface area contributed by atoms with Gasteiger partial charge in [0.25, 0.3) is 0 Å². The minimum Gasteiger partial charge on any atom is -0.370 e. The van der Waals surface area contributed by atoms with Crippen LogP contribution in [0.1, 0.15) is 82.7 Å². The van der Waals surface area contributed by atoms with Crippen molar-refractivity contribution in [3.05, 3.63) is 42.2 Å². The summed E-state index contributed by atoms with van der Waals surface area (Å²) in [7, 11) is 0. The molecule has 0 aliphatic carbocycles. The van der Waals surface area contributed by atoms with Gasteiger partial charge in [-0.2, -0.15) is 0 Å². The Hall–Kier alpha value is -1.64. The summed E-state index contributed by atoms with van der Waals surface area (Å²) < 4.78 is 0. The molecule has 0 fully saturated rings. The Morgan fingerprint density at radius 1 is 0.875 bits per heavy atom. The number of nitrogens with zero attached hydrogens (tertiary/aromatic N) is 1. The molecule has 0 bridgehead atoms. The van der Waals surface area contributed by atoms with Crippen LogP contribution in [-0.4, -0.2) is 10.9 Å². The number of primary amides is 1. The average Bonchev–Trinajstić information content (AvgIpc) is 2.59. The number of aromatic nitrogens is 1. The lowest BCUT2D eigenvalue weighted by molar-refractivity contribution is -0.118. The Kier molecular flexibility index (Phi) is 12.7. The monoisotopic (exact) mass is 330 g/mol. The summed E-state index contributed by atoms with van der Waals surface area (Å²) in [4.78, 5) is 14.9. The Morgan fingerprint density at radius 3 is 2.12 bits per heavy atom. The van der Waals surface area contributed by atoms with E-state index in [4.69, 9.17) is 5.73 Å². The van der Waals surface area contributed by atoms with Crippen LogP contribution < -0.4 is 5.73 Å². The Balaban J connectivity index is 1.79. The highest BCUT2D eigenvalue weighted by Crippen LogP contribution is 2.09. The largest absolute Gasteiger partial charge is 0.370 e. The lowest BCUT2D eigenvalue weighted by Crippen LogP contribution is -2.09. The van der Waals surface area contributed by atoms with Gasteiger partial charge in [0.1, 0.15) is 0 Å². The molecule has 0 saturated heterocycles. The van der Waals surface area contributed by atoms with Gasteiger partial charge in [0.05, 0.1) is 0 Å². The molecule has 0 saturated carbocycles. The molecule has 134 valence electrons. The smallest absolute Gasteiger partial charge is 0.217 e. The predicted molar refractivity (Wildman–Crippen MR) is 102 cm³/mol. The van der Waals surface area contributed by atoms with E-state index in [1.165, 1.54) is 63.5 Å². The first kappa shape index (κ1) is 20.4. The average molecular weight is 331 g/mol. The molecule has 24 heavy (non-hydrogen) atoms. The highest BCUT2D eigenvalue weighted by Gasteiger charge is 1.95. The van der Waals surface area contributed by atoms with Gasteiger partial charge in [-0.25, -0.2) is 0 Å². The van der Waals surface area contributed by atoms with E-state index >= 15 is 0 Å². The van der Waals surface area contributed by atoms with Crippen molar-refractivity contribution < 1.29 is 4.79 Å². The molecule has 0 aliphatic rings. The highest BCUT2D eigenvalue weighted by molar-refractivity contribution is 5.73. The molecule has 1 amide bonds. The number of hydrogen-bond acceptors (Lipinski definition) is 2. The van der Waals surface area contributed by atoms with Crippen LogP contribution in [0.4, 0.5) is 0 Å². The quantitative estimate of drug-likeness (QED) is 0.348. The standard InChI is InChI=1S/C21H34N2O/c22-21(24)18-13-11-9-7-5-3-1-2-4-6-8-10-12-16-20-17-14-15-19-23-20/h1-2,14-15,17,19H,3-13,16,18H2,(H2,22,24)/b2-1-. The van der Waals surface area contributed by atoms with Gasteiger partial charge in [0, 0.05) is 18.3 Å². The molecule has 3 nitrogen and oxygen atoms in total. The molecule has 3 heteroatoms. The van der Waals surface area contributed by atoms with Gasteiger partial charge in [-0.3, -0.25) is 9.78 Å². The molecule has 0 radical (unpaired) electrons. The summed E-state index contributed by atoms with van der Waals surface area (Å²) in [6, 6.07) is 6.15. The molecular weight excluding hydrogens is 296 g/mol. The summed E-state index contributed by atoms with van der Waals surface area (Å²) in [6.07, 6.45) is 21.6. The molecule has 0 aliphatic heterocycles. The van der Waals surface area contributed by atoms with Crippen molar-refractivity contribution in [1.29, 1.82) is 0 Å². The van der Waals surface area contributed by atoms with E-state index in [9.17, 15) is 4.79 Å². The SMILES string of the molecule is NC(=O)CCCCCCC/C=C\CCCCCCc1ccccn1. The maximum atomic E-state index is 10.6. The summed E-state index contributed by atoms with van der Waals surface area (Å²) >= 11 is 0. The van der Waals surface area contributed by atoms with E-state index < -0.39 is 0 Å². The van der Waals surface area contributed by atoms with Crippen molar-refractivity contribution in [2.45, 2.75) is 83.5 Å². The van der Waals surface area contributed by atoms with E-state index in [1.54, 1.807) is 0 Å². The number of unbranched alkanes of at least 4 members (excludes halogenated alkanes) is 9. The number of pyridine rings is 1. The molecule has 1 aromatic heterocycles. The van der Waals surface area contributed by atoms with Gasteiger partial charge in [-0.05, 0) is 57.1 Å². The Bertz CT molecular complexity index is 442. The second kappa shape index (κ2) is 14.9. The maximum Gasteiger partial charge on any atom is 0.217 e. The van der Waals surface area contributed by atoms with Crippen LogP contribution >= 0.6 is 0 Å². The minimum absolute atomic E-state index is 0.172. The van der Waals surface area contributed by atoms with Crippen molar-refractivity contribution in [2.75, 3.05) is 0 Å². The Morgan fingerprint density at radius 2 is 1.50 bits per heavy atom. The molecular formula is C21H34N2O. The summed E-state index contributed by atoms with van der Waals surface area (Å²) in [5.41, 5.74) is 6.33. The van der Waals surface area contributed by atoms with Gasteiger partial charge >= 0.3 is 0 Å². The number of allylic oxidation sites excluding steroid dienone is 2. The van der Waals surface area contributed by atoms with Crippen LogP contribution in [0.5, 0.6) is 0 Å². The minimum atomic E-state index is -0.172. The number of hydrogen-bond donors (Lipinski definition) is 1. The lowest BCUT2D eigenvalue weighted by atomic mass is 10.1. The van der Waals surface area contributed by atoms with E-state index in [-0.39, 0.29) is 5.91 Å². The van der Waals surface area contributed by atoms with Crippen molar-refractivity contribution in [1.82, 2.24) is 4.98 Å². The third kappa shape index (κ3) is 12.9. The third-order valence-electron chi connectivity index (χ3n) is 4.24. The summed E-state index contributed by atoms with van der Waals surface area (Å²) in [5.74, 6) is -0.172. The normalized spacial score (nSPS) is 11.2. The van der Waals surface area contributed by atoms with E-state index in [0.29, 0.717) is 6.42 Å². The van der Waals surface area contributed by atoms with E-state index in [1.807, 2.05) is 12.3 Å². The molecule has 0 unspecified atom stereocenters. The summed E-state index contributed by atoms with van der Waals surface area (Å²) in [5, 5.41) is 0. The van der Waals surface area contributed by atoms with Crippen molar-refractivity contribution in [2.24, 2.45) is 5.73 Å². The third-order valence-corrected chi connectivity index (χ3v) is 4.24. The Labute approximate surface area is 147 Å². The zero-order valence-corrected chi connectivity index (χ0v) is 15.1. The van der Waals surface area contributed by atoms with Crippen LogP contribution in [0.15, 0.2) is 36.5 Å². The predicted octanol–water partition coefficient (Wildman–Crippen LogP) is 5.35. The second-order valence-electron chi connectivity index (χ2n) is 6.52. The topological polar surface area (TPSA) is 56.0 Å². The van der Waals surface area contributed by atoms with Crippen LogP contribution in [0.25, 0.3) is 0 Å². The van der Waals surface area contributed by atoms with Gasteiger partial charge in [-0.1, -0.05) is 50.3 Å². The molecule has 0 atom stereocenters. The second-order valence-corrected chi connectivity index (χ2v) is 6.52. The van der Waals surface area contributed by atoms with Crippen molar-refractivity contribution in [3.63, 3.8) is 0 Å². The van der Waals surface area contributed by atoms with Crippen molar-refractivity contribution in [3.8, 4) is 0 Å². The van der Waals surface area contributed by atoms with Crippen LogP contribution in [0.2, 0.25) is 0 Å². The fourth-order valence-electron chi connectivity index (χ4n) is 2.80. The van der Waals surface area contributed by atoms with Crippen LogP contribution in [-0.2, 0) is 11.2 Å². The molecule has 0 spiro atoms. The molecule has 2 N–H and O–H groups in total. The fraction of sp³-hybridized carbons (Fsp3) is 0.619. The first-order valence-electron chi connectivity index (χ1n) is 9.62. The first-order chi connectivity index (χ1) is 11.8. The molecule has 1 aromatic rings. The number of carbonyl (C=O) groups is 1. The molecule has 0 aromatic carbocycles. The van der Waals surface area contributed by atoms with Crippen LogP contribution in [0, 0.1) is 0 Å². The maximum absolute atomic E-state index is 10.6. The zero-order chi connectivity index (χ0) is 17.3. The van der Waals surface area contributed by atoms with Crippen LogP contribution in [0.3, 0.4) is 0 Å². The van der Waals surface area contributed by atoms with Gasteiger partial charge in [-0.15, -0.1) is 0 Å². The fourth-order valence-corrected chi connectivity index (χ4v) is 2.80. The number of carbonyl (C=O) groups excluding carboxylic acids is 1. The number of nitrogens with two attached hydrogens (primary N) is 1. The van der Waals surface area contributed by atoms with Gasteiger partial charge in [0.2, 0.25) is 5.91 Å². The highest BCUT2D eigenvalue weighted by atomic mass is 16.1. The summed E-state index contributed by atoms with van der Waals surface area (Å²) in [6.45, 7) is 0. The number of aryl methyl sites for hydroxylation is 1. The zero-order valence-electron chi connectivity index (χ0n) is 15.1.